The Morgan fingerprint density at radius 3 is 2.58 bits per heavy atom. The Balaban J connectivity index is 2.18. The number of ether oxygens (including phenoxy) is 2. The summed E-state index contributed by atoms with van der Waals surface area (Å²) in [6.45, 7) is 7.37. The fraction of sp³-hybridized carbons (Fsp3) is 0.333. The van der Waals surface area contributed by atoms with E-state index in [0.717, 1.165) is 16.5 Å². The van der Waals surface area contributed by atoms with Crippen molar-refractivity contribution in [3.05, 3.63) is 35.9 Å². The van der Waals surface area contributed by atoms with Gasteiger partial charge in [-0.2, -0.15) is 0 Å². The summed E-state index contributed by atoms with van der Waals surface area (Å²) < 4.78 is 10.1. The molecule has 1 aromatic heterocycles. The summed E-state index contributed by atoms with van der Waals surface area (Å²) in [4.78, 5) is 15.8. The summed E-state index contributed by atoms with van der Waals surface area (Å²) in [7, 11) is 0. The Hall–Kier alpha value is -2.10. The SMILES string of the molecule is Cc1ccc2nc(OC(=O)OC(C)(C)C)ccc2c1. The number of hydrogen-bond acceptors (Lipinski definition) is 4. The second kappa shape index (κ2) is 4.88. The number of hydrogen-bond donors (Lipinski definition) is 0. The number of aromatic nitrogens is 1. The molecule has 0 aliphatic heterocycles. The predicted molar refractivity (Wildman–Crippen MR) is 73.3 cm³/mol. The average Bonchev–Trinajstić information content (AvgIpc) is 2.26. The number of benzene rings is 1. The van der Waals surface area contributed by atoms with Gasteiger partial charge in [-0.05, 0) is 45.9 Å². The lowest BCUT2D eigenvalue weighted by atomic mass is 10.1. The highest BCUT2D eigenvalue weighted by atomic mass is 16.7. The van der Waals surface area contributed by atoms with E-state index in [2.05, 4.69) is 4.98 Å². The van der Waals surface area contributed by atoms with Gasteiger partial charge in [-0.1, -0.05) is 11.6 Å². The Bertz CT molecular complexity index is 614. The third-order valence-electron chi connectivity index (χ3n) is 2.40. The van der Waals surface area contributed by atoms with Gasteiger partial charge >= 0.3 is 6.16 Å². The maximum Gasteiger partial charge on any atom is 0.515 e. The smallest absolute Gasteiger partial charge is 0.428 e. The summed E-state index contributed by atoms with van der Waals surface area (Å²) in [6.07, 6.45) is -0.744. The molecule has 4 nitrogen and oxygen atoms in total. The van der Waals surface area contributed by atoms with Gasteiger partial charge in [0.2, 0.25) is 5.88 Å². The summed E-state index contributed by atoms with van der Waals surface area (Å²) in [5, 5.41) is 1.01. The van der Waals surface area contributed by atoms with E-state index in [9.17, 15) is 4.79 Å². The van der Waals surface area contributed by atoms with Crippen LogP contribution in [0.25, 0.3) is 10.9 Å². The topological polar surface area (TPSA) is 48.4 Å². The molecule has 0 fully saturated rings. The Kier molecular flexibility index (Phi) is 3.42. The van der Waals surface area contributed by atoms with Crippen LogP contribution in [-0.4, -0.2) is 16.7 Å². The summed E-state index contributed by atoms with van der Waals surface area (Å²) in [5.74, 6) is 0.241. The van der Waals surface area contributed by atoms with Crippen LogP contribution in [0, 0.1) is 6.92 Å². The Labute approximate surface area is 112 Å². The average molecular weight is 259 g/mol. The molecule has 0 atom stereocenters. The number of fused-ring (bicyclic) bond motifs is 1. The van der Waals surface area contributed by atoms with E-state index < -0.39 is 11.8 Å². The van der Waals surface area contributed by atoms with Crippen LogP contribution < -0.4 is 4.74 Å². The maximum absolute atomic E-state index is 11.5. The maximum atomic E-state index is 11.5. The van der Waals surface area contributed by atoms with E-state index in [1.165, 1.54) is 0 Å². The van der Waals surface area contributed by atoms with E-state index in [1.54, 1.807) is 26.8 Å². The molecule has 0 saturated carbocycles. The molecule has 100 valence electrons. The molecule has 0 aliphatic rings. The highest BCUT2D eigenvalue weighted by Crippen LogP contribution is 2.19. The summed E-state index contributed by atoms with van der Waals surface area (Å²) in [6, 6.07) is 9.42. The molecule has 0 N–H and O–H groups in total. The molecule has 0 radical (unpaired) electrons. The number of carbonyl (C=O) groups is 1. The minimum atomic E-state index is -0.744. The van der Waals surface area contributed by atoms with Crippen molar-refractivity contribution in [2.24, 2.45) is 0 Å². The highest BCUT2D eigenvalue weighted by Gasteiger charge is 2.18. The van der Waals surface area contributed by atoms with Crippen LogP contribution in [0.1, 0.15) is 26.3 Å². The molecule has 2 rings (SSSR count). The van der Waals surface area contributed by atoms with E-state index in [0.29, 0.717) is 0 Å². The minimum Gasteiger partial charge on any atom is -0.428 e. The van der Waals surface area contributed by atoms with Crippen molar-refractivity contribution in [3.8, 4) is 5.88 Å². The fourth-order valence-corrected chi connectivity index (χ4v) is 1.64. The zero-order chi connectivity index (χ0) is 14.0. The van der Waals surface area contributed by atoms with E-state index in [4.69, 9.17) is 9.47 Å². The molecule has 0 amide bonds. The quantitative estimate of drug-likeness (QED) is 0.730. The van der Waals surface area contributed by atoms with Crippen LogP contribution in [0.15, 0.2) is 30.3 Å². The lowest BCUT2D eigenvalue weighted by Gasteiger charge is -2.18. The van der Waals surface area contributed by atoms with Crippen LogP contribution in [0.3, 0.4) is 0 Å². The second-order valence-electron chi connectivity index (χ2n) is 5.41. The van der Waals surface area contributed by atoms with Gasteiger partial charge in [0.05, 0.1) is 5.52 Å². The fourth-order valence-electron chi connectivity index (χ4n) is 1.64. The van der Waals surface area contributed by atoms with Crippen molar-refractivity contribution in [2.75, 3.05) is 0 Å². The molecule has 1 aromatic carbocycles. The van der Waals surface area contributed by atoms with Crippen LogP contribution >= 0.6 is 0 Å². The van der Waals surface area contributed by atoms with Crippen molar-refractivity contribution < 1.29 is 14.3 Å². The van der Waals surface area contributed by atoms with Gasteiger partial charge in [-0.15, -0.1) is 0 Å². The third kappa shape index (κ3) is 3.68. The van der Waals surface area contributed by atoms with Gasteiger partial charge in [-0.3, -0.25) is 0 Å². The Morgan fingerprint density at radius 2 is 1.89 bits per heavy atom. The van der Waals surface area contributed by atoms with Gasteiger partial charge in [0.15, 0.2) is 0 Å². The van der Waals surface area contributed by atoms with E-state index in [-0.39, 0.29) is 5.88 Å². The lowest BCUT2D eigenvalue weighted by Crippen LogP contribution is -2.26. The van der Waals surface area contributed by atoms with E-state index >= 15 is 0 Å². The van der Waals surface area contributed by atoms with Gasteiger partial charge < -0.3 is 9.47 Å². The standard InChI is InChI=1S/C15H17NO3/c1-10-5-7-12-11(9-10)6-8-13(16-12)18-14(17)19-15(2,3)4/h5-9H,1-4H3. The highest BCUT2D eigenvalue weighted by molar-refractivity contribution is 5.80. The number of nitrogens with zero attached hydrogens (tertiary/aromatic N) is 1. The van der Waals surface area contributed by atoms with Crippen LogP contribution in [0.2, 0.25) is 0 Å². The first kappa shape index (κ1) is 13.3. The van der Waals surface area contributed by atoms with Crippen LogP contribution in [0.5, 0.6) is 5.88 Å². The van der Waals surface area contributed by atoms with Gasteiger partial charge in [0.25, 0.3) is 0 Å². The lowest BCUT2D eigenvalue weighted by molar-refractivity contribution is 0.0198. The molecule has 1 heterocycles. The Morgan fingerprint density at radius 1 is 1.16 bits per heavy atom. The minimum absolute atomic E-state index is 0.241. The molecule has 0 aliphatic carbocycles. The number of rotatable bonds is 1. The molecular weight excluding hydrogens is 242 g/mol. The van der Waals surface area contributed by atoms with Crippen LogP contribution in [-0.2, 0) is 4.74 Å². The second-order valence-corrected chi connectivity index (χ2v) is 5.41. The van der Waals surface area contributed by atoms with Crippen LogP contribution in [0.4, 0.5) is 4.79 Å². The number of pyridine rings is 1. The molecule has 0 bridgehead atoms. The first-order valence-electron chi connectivity index (χ1n) is 6.12. The molecule has 0 spiro atoms. The largest absolute Gasteiger partial charge is 0.515 e. The predicted octanol–water partition coefficient (Wildman–Crippen LogP) is 3.86. The van der Waals surface area contributed by atoms with E-state index in [1.807, 2.05) is 31.2 Å². The summed E-state index contributed by atoms with van der Waals surface area (Å²) >= 11 is 0. The van der Waals surface area contributed by atoms with Gasteiger partial charge in [-0.25, -0.2) is 9.78 Å². The van der Waals surface area contributed by atoms with Crippen molar-refractivity contribution in [1.82, 2.24) is 4.98 Å². The molecule has 19 heavy (non-hydrogen) atoms. The third-order valence-corrected chi connectivity index (χ3v) is 2.40. The zero-order valence-corrected chi connectivity index (χ0v) is 11.6. The normalized spacial score (nSPS) is 11.4. The molecule has 4 heteroatoms. The molecule has 0 saturated heterocycles. The molecule has 2 aromatic rings. The molecule has 0 unspecified atom stereocenters. The zero-order valence-electron chi connectivity index (χ0n) is 11.6. The first-order chi connectivity index (χ1) is 8.83. The molecular formula is C15H17NO3. The monoisotopic (exact) mass is 259 g/mol. The summed E-state index contributed by atoms with van der Waals surface area (Å²) in [5.41, 5.74) is 1.37. The number of carbonyl (C=O) groups excluding carboxylic acids is 1. The van der Waals surface area contributed by atoms with Crippen molar-refractivity contribution in [1.29, 1.82) is 0 Å². The van der Waals surface area contributed by atoms with Crippen molar-refractivity contribution in [2.45, 2.75) is 33.3 Å². The number of aryl methyl sites for hydroxylation is 1. The van der Waals surface area contributed by atoms with Gasteiger partial charge in [0, 0.05) is 11.5 Å². The van der Waals surface area contributed by atoms with Crippen molar-refractivity contribution >= 4 is 17.1 Å². The first-order valence-corrected chi connectivity index (χ1v) is 6.12. The van der Waals surface area contributed by atoms with Crippen molar-refractivity contribution in [3.63, 3.8) is 0 Å². The van der Waals surface area contributed by atoms with Gasteiger partial charge in [0.1, 0.15) is 5.60 Å².